The Balaban J connectivity index is 2.62. The molecule has 0 aromatic heterocycles. The Morgan fingerprint density at radius 3 is 2.55 bits per heavy atom. The van der Waals surface area contributed by atoms with Crippen LogP contribution in [0.4, 0.5) is 0 Å². The first-order valence-corrected chi connectivity index (χ1v) is 4.51. The lowest BCUT2D eigenvalue weighted by atomic mass is 9.69. The van der Waals surface area contributed by atoms with Crippen LogP contribution in [0.2, 0.25) is 0 Å². The Labute approximate surface area is 69.9 Å². The van der Waals surface area contributed by atoms with Crippen LogP contribution in [0.3, 0.4) is 0 Å². The average molecular weight is 153 g/mol. The third-order valence-corrected chi connectivity index (χ3v) is 3.25. The Kier molecular flexibility index (Phi) is 2.36. The summed E-state index contributed by atoms with van der Waals surface area (Å²) in [5.74, 6) is 0.801. The smallest absolute Gasteiger partial charge is 0.0276 e. The van der Waals surface area contributed by atoms with Gasteiger partial charge in [-0.25, -0.2) is 0 Å². The van der Waals surface area contributed by atoms with Crippen molar-refractivity contribution in [2.45, 2.75) is 40.0 Å². The van der Waals surface area contributed by atoms with Crippen molar-refractivity contribution < 1.29 is 0 Å². The molecular formula is C10H19N. The first-order valence-electron chi connectivity index (χ1n) is 4.51. The van der Waals surface area contributed by atoms with Crippen LogP contribution in [-0.4, -0.2) is 12.8 Å². The molecule has 0 saturated heterocycles. The van der Waals surface area contributed by atoms with Gasteiger partial charge in [-0.1, -0.05) is 20.8 Å². The molecule has 0 aromatic carbocycles. The van der Waals surface area contributed by atoms with Crippen LogP contribution in [0.1, 0.15) is 40.0 Å². The van der Waals surface area contributed by atoms with E-state index in [4.69, 9.17) is 0 Å². The predicted octanol–water partition coefficient (Wildman–Crippen LogP) is 2.90. The number of rotatable bonds is 0. The van der Waals surface area contributed by atoms with E-state index in [0.29, 0.717) is 5.41 Å². The second kappa shape index (κ2) is 2.96. The summed E-state index contributed by atoms with van der Waals surface area (Å²) in [6, 6.07) is 0. The second-order valence-corrected chi connectivity index (χ2v) is 4.38. The molecular weight excluding hydrogens is 134 g/mol. The first kappa shape index (κ1) is 8.76. The van der Waals surface area contributed by atoms with Crippen molar-refractivity contribution in [2.75, 3.05) is 7.05 Å². The van der Waals surface area contributed by atoms with Crippen molar-refractivity contribution in [2.24, 2.45) is 16.3 Å². The van der Waals surface area contributed by atoms with Crippen LogP contribution >= 0.6 is 0 Å². The van der Waals surface area contributed by atoms with Gasteiger partial charge in [0.05, 0.1) is 0 Å². The summed E-state index contributed by atoms with van der Waals surface area (Å²) >= 11 is 0. The summed E-state index contributed by atoms with van der Waals surface area (Å²) in [5, 5.41) is 0. The molecule has 1 rings (SSSR count). The van der Waals surface area contributed by atoms with E-state index >= 15 is 0 Å². The molecule has 1 aliphatic rings. The zero-order valence-corrected chi connectivity index (χ0v) is 8.15. The third-order valence-electron chi connectivity index (χ3n) is 3.25. The number of aliphatic imine (C=N–C) groups is 1. The minimum Gasteiger partial charge on any atom is -0.297 e. The highest BCUT2D eigenvalue weighted by molar-refractivity contribution is 5.85. The highest BCUT2D eigenvalue weighted by atomic mass is 14.7. The molecule has 1 fully saturated rings. The Morgan fingerprint density at radius 1 is 1.45 bits per heavy atom. The van der Waals surface area contributed by atoms with Gasteiger partial charge < -0.3 is 0 Å². The van der Waals surface area contributed by atoms with Gasteiger partial charge in [0.2, 0.25) is 0 Å². The highest BCUT2D eigenvalue weighted by Crippen LogP contribution is 2.38. The fourth-order valence-corrected chi connectivity index (χ4v) is 1.65. The molecule has 1 nitrogen and oxygen atoms in total. The second-order valence-electron chi connectivity index (χ2n) is 4.38. The van der Waals surface area contributed by atoms with Gasteiger partial charge in [0.25, 0.3) is 0 Å². The molecule has 0 amide bonds. The van der Waals surface area contributed by atoms with E-state index in [1.54, 1.807) is 0 Å². The van der Waals surface area contributed by atoms with Crippen LogP contribution in [0.5, 0.6) is 0 Å². The monoisotopic (exact) mass is 153 g/mol. The zero-order valence-electron chi connectivity index (χ0n) is 8.15. The van der Waals surface area contributed by atoms with Gasteiger partial charge in [-0.3, -0.25) is 4.99 Å². The first-order chi connectivity index (χ1) is 5.06. The van der Waals surface area contributed by atoms with Crippen molar-refractivity contribution in [1.82, 2.24) is 0 Å². The summed E-state index contributed by atoms with van der Waals surface area (Å²) in [7, 11) is 1.92. The molecule has 0 bridgehead atoms. The molecule has 0 radical (unpaired) electrons. The van der Waals surface area contributed by atoms with Crippen LogP contribution < -0.4 is 0 Å². The molecule has 1 heteroatoms. The van der Waals surface area contributed by atoms with Gasteiger partial charge in [0, 0.05) is 12.8 Å². The van der Waals surface area contributed by atoms with Gasteiger partial charge >= 0.3 is 0 Å². The van der Waals surface area contributed by atoms with E-state index in [9.17, 15) is 0 Å². The van der Waals surface area contributed by atoms with Crippen molar-refractivity contribution in [3.8, 4) is 0 Å². The summed E-state index contributed by atoms with van der Waals surface area (Å²) in [5.41, 5.74) is 1.95. The number of nitrogens with zero attached hydrogens (tertiary/aromatic N) is 1. The normalized spacial score (nSPS) is 34.2. The zero-order chi connectivity index (χ0) is 8.48. The lowest BCUT2D eigenvalue weighted by Crippen LogP contribution is -2.29. The van der Waals surface area contributed by atoms with E-state index in [2.05, 4.69) is 25.8 Å². The maximum absolute atomic E-state index is 4.28. The summed E-state index contributed by atoms with van der Waals surface area (Å²) in [4.78, 5) is 4.28. The van der Waals surface area contributed by atoms with Crippen LogP contribution in [0.15, 0.2) is 4.99 Å². The quantitative estimate of drug-likeness (QED) is 0.507. The molecule has 0 aromatic rings. The molecule has 1 saturated carbocycles. The Bertz CT molecular complexity index is 168. The van der Waals surface area contributed by atoms with Gasteiger partial charge in [0.1, 0.15) is 0 Å². The molecule has 1 atom stereocenters. The molecule has 11 heavy (non-hydrogen) atoms. The van der Waals surface area contributed by atoms with Gasteiger partial charge in [-0.2, -0.15) is 0 Å². The van der Waals surface area contributed by atoms with Gasteiger partial charge in [-0.15, -0.1) is 0 Å². The van der Waals surface area contributed by atoms with Crippen molar-refractivity contribution >= 4 is 5.71 Å². The number of hydrogen-bond donors (Lipinski definition) is 0. The number of hydrogen-bond acceptors (Lipinski definition) is 1. The fraction of sp³-hybridized carbons (Fsp3) is 0.900. The fourth-order valence-electron chi connectivity index (χ4n) is 1.65. The van der Waals surface area contributed by atoms with E-state index in [1.807, 2.05) is 7.05 Å². The molecule has 0 N–H and O–H groups in total. The molecule has 0 heterocycles. The SMILES string of the molecule is CN=C1CCC(C)(C)C(C)C1. The van der Waals surface area contributed by atoms with Crippen molar-refractivity contribution in [3.05, 3.63) is 0 Å². The van der Waals surface area contributed by atoms with E-state index in [1.165, 1.54) is 25.0 Å². The van der Waals surface area contributed by atoms with Gasteiger partial charge in [-0.05, 0) is 30.6 Å². The Hall–Kier alpha value is -0.330. The topological polar surface area (TPSA) is 12.4 Å². The summed E-state index contributed by atoms with van der Waals surface area (Å²) in [6.45, 7) is 7.07. The Morgan fingerprint density at radius 2 is 2.09 bits per heavy atom. The predicted molar refractivity (Wildman–Crippen MR) is 50.2 cm³/mol. The van der Waals surface area contributed by atoms with Crippen molar-refractivity contribution in [3.63, 3.8) is 0 Å². The summed E-state index contributed by atoms with van der Waals surface area (Å²) in [6.07, 6.45) is 3.73. The lowest BCUT2D eigenvalue weighted by molar-refractivity contribution is 0.204. The molecule has 0 aliphatic heterocycles. The maximum atomic E-state index is 4.28. The van der Waals surface area contributed by atoms with Crippen LogP contribution in [-0.2, 0) is 0 Å². The van der Waals surface area contributed by atoms with Crippen molar-refractivity contribution in [1.29, 1.82) is 0 Å². The van der Waals surface area contributed by atoms with Gasteiger partial charge in [0.15, 0.2) is 0 Å². The minimum absolute atomic E-state index is 0.536. The molecule has 64 valence electrons. The molecule has 0 spiro atoms. The standard InChI is InChI=1S/C10H19N/c1-8-7-9(11-4)5-6-10(8,2)3/h8H,5-7H2,1-4H3. The minimum atomic E-state index is 0.536. The van der Waals surface area contributed by atoms with Crippen LogP contribution in [0, 0.1) is 11.3 Å². The average Bonchev–Trinajstić information content (AvgIpc) is 1.95. The largest absolute Gasteiger partial charge is 0.297 e. The van der Waals surface area contributed by atoms with E-state index in [-0.39, 0.29) is 0 Å². The highest BCUT2D eigenvalue weighted by Gasteiger charge is 2.30. The summed E-state index contributed by atoms with van der Waals surface area (Å²) < 4.78 is 0. The van der Waals surface area contributed by atoms with Crippen LogP contribution in [0.25, 0.3) is 0 Å². The maximum Gasteiger partial charge on any atom is 0.0276 e. The molecule has 1 unspecified atom stereocenters. The third kappa shape index (κ3) is 1.82. The molecule has 1 aliphatic carbocycles. The van der Waals surface area contributed by atoms with E-state index in [0.717, 1.165) is 5.92 Å². The van der Waals surface area contributed by atoms with E-state index < -0.39 is 0 Å². The lowest BCUT2D eigenvalue weighted by Gasteiger charge is -2.36.